The third-order valence-electron chi connectivity index (χ3n) is 4.50. The van der Waals surface area contributed by atoms with Gasteiger partial charge in [0.15, 0.2) is 0 Å². The number of aryl methyl sites for hydroxylation is 1. The molecule has 20 heavy (non-hydrogen) atoms. The molecule has 2 fully saturated rings. The summed E-state index contributed by atoms with van der Waals surface area (Å²) in [5, 5.41) is 3.39. The Morgan fingerprint density at radius 1 is 1.35 bits per heavy atom. The van der Waals surface area contributed by atoms with Gasteiger partial charge < -0.3 is 14.8 Å². The second kappa shape index (κ2) is 6.39. The number of aromatic nitrogens is 2. The summed E-state index contributed by atoms with van der Waals surface area (Å²) >= 11 is 0. The fourth-order valence-electron chi connectivity index (χ4n) is 3.28. The Kier molecular flexibility index (Phi) is 4.35. The maximum atomic E-state index is 12.2. The number of imidazole rings is 1. The zero-order valence-corrected chi connectivity index (χ0v) is 12.1. The zero-order chi connectivity index (χ0) is 13.8. The number of piperidine rings is 1. The summed E-state index contributed by atoms with van der Waals surface area (Å²) < 4.78 is 2.17. The van der Waals surface area contributed by atoms with Crippen molar-refractivity contribution in [2.45, 2.75) is 44.6 Å². The largest absolute Gasteiger partial charge is 0.343 e. The molecule has 0 radical (unpaired) electrons. The molecule has 1 N–H and O–H groups in total. The Morgan fingerprint density at radius 2 is 2.20 bits per heavy atom. The predicted molar refractivity (Wildman–Crippen MR) is 77.5 cm³/mol. The van der Waals surface area contributed by atoms with Gasteiger partial charge in [0.05, 0.1) is 6.33 Å². The summed E-state index contributed by atoms with van der Waals surface area (Å²) in [5.74, 6) is 0.858. The van der Waals surface area contributed by atoms with Crippen LogP contribution in [0.2, 0.25) is 0 Å². The molecule has 0 saturated carbocycles. The highest BCUT2D eigenvalue weighted by atomic mass is 16.2. The Bertz CT molecular complexity index is 444. The number of carbonyl (C=O) groups excluding carboxylic acids is 1. The van der Waals surface area contributed by atoms with Gasteiger partial charge in [0.1, 0.15) is 0 Å². The van der Waals surface area contributed by atoms with Crippen LogP contribution in [-0.2, 0) is 11.3 Å². The molecular formula is C15H24N4O. The first kappa shape index (κ1) is 13.6. The normalized spacial score (nSPS) is 23.2. The molecular weight excluding hydrogens is 252 g/mol. The minimum Gasteiger partial charge on any atom is -0.343 e. The molecule has 1 atom stereocenters. The third-order valence-corrected chi connectivity index (χ3v) is 4.50. The van der Waals surface area contributed by atoms with Crippen molar-refractivity contribution in [3.8, 4) is 0 Å². The maximum Gasteiger partial charge on any atom is 0.224 e. The molecule has 3 rings (SSSR count). The quantitative estimate of drug-likeness (QED) is 0.903. The summed E-state index contributed by atoms with van der Waals surface area (Å²) in [4.78, 5) is 18.5. The summed E-state index contributed by atoms with van der Waals surface area (Å²) in [5.41, 5.74) is 1.28. The van der Waals surface area contributed by atoms with Crippen LogP contribution in [-0.4, -0.2) is 46.5 Å². The average Bonchev–Trinajstić information content (AvgIpc) is 3.16. The highest BCUT2D eigenvalue weighted by molar-refractivity contribution is 5.76. The molecule has 1 unspecified atom stereocenters. The number of hydrogen-bond acceptors (Lipinski definition) is 3. The molecule has 1 aromatic heterocycles. The van der Waals surface area contributed by atoms with E-state index in [-0.39, 0.29) is 0 Å². The van der Waals surface area contributed by atoms with Gasteiger partial charge in [0, 0.05) is 50.4 Å². The summed E-state index contributed by atoms with van der Waals surface area (Å²) in [6.45, 7) is 4.78. The number of likely N-dealkylation sites (tertiary alicyclic amines) is 1. The van der Waals surface area contributed by atoms with Crippen molar-refractivity contribution < 1.29 is 4.79 Å². The molecule has 5 heteroatoms. The lowest BCUT2D eigenvalue weighted by Gasteiger charge is -2.27. The van der Waals surface area contributed by atoms with Gasteiger partial charge in [-0.25, -0.2) is 4.98 Å². The summed E-state index contributed by atoms with van der Waals surface area (Å²) in [6.07, 6.45) is 9.20. The van der Waals surface area contributed by atoms with Crippen LogP contribution in [0.3, 0.4) is 0 Å². The smallest absolute Gasteiger partial charge is 0.224 e. The van der Waals surface area contributed by atoms with E-state index in [1.807, 2.05) is 17.4 Å². The van der Waals surface area contributed by atoms with Crippen molar-refractivity contribution in [2.24, 2.45) is 0 Å². The zero-order valence-electron chi connectivity index (χ0n) is 12.1. The van der Waals surface area contributed by atoms with E-state index in [1.54, 1.807) is 0 Å². The lowest BCUT2D eigenvalue weighted by Crippen LogP contribution is -2.36. The molecule has 1 aromatic rings. The lowest BCUT2D eigenvalue weighted by molar-refractivity contribution is -0.132. The molecule has 0 aliphatic carbocycles. The number of rotatable bonds is 4. The third kappa shape index (κ3) is 3.03. The van der Waals surface area contributed by atoms with Crippen LogP contribution in [0.5, 0.6) is 0 Å². The Balaban J connectivity index is 1.55. The summed E-state index contributed by atoms with van der Waals surface area (Å²) in [6, 6.07) is 0. The van der Waals surface area contributed by atoms with Crippen LogP contribution in [0.4, 0.5) is 0 Å². The Labute approximate surface area is 120 Å². The van der Waals surface area contributed by atoms with Crippen LogP contribution in [0, 0.1) is 0 Å². The molecule has 0 bridgehead atoms. The lowest BCUT2D eigenvalue weighted by atomic mass is 10.1. The van der Waals surface area contributed by atoms with Crippen LogP contribution < -0.4 is 5.32 Å². The minimum atomic E-state index is 0.300. The number of nitrogens with one attached hydrogen (secondary N) is 1. The first-order valence-corrected chi connectivity index (χ1v) is 7.83. The fourth-order valence-corrected chi connectivity index (χ4v) is 3.28. The maximum absolute atomic E-state index is 12.2. The van der Waals surface area contributed by atoms with E-state index >= 15 is 0 Å². The summed E-state index contributed by atoms with van der Waals surface area (Å²) in [7, 11) is 0. The van der Waals surface area contributed by atoms with Gasteiger partial charge in [-0.3, -0.25) is 4.79 Å². The van der Waals surface area contributed by atoms with Crippen LogP contribution >= 0.6 is 0 Å². The molecule has 5 nitrogen and oxygen atoms in total. The molecule has 1 amide bonds. The van der Waals surface area contributed by atoms with Gasteiger partial charge in [-0.15, -0.1) is 0 Å². The average molecular weight is 276 g/mol. The highest BCUT2D eigenvalue weighted by Crippen LogP contribution is 2.22. The minimum absolute atomic E-state index is 0.300. The number of amides is 1. The van der Waals surface area contributed by atoms with Crippen LogP contribution in [0.15, 0.2) is 12.5 Å². The number of carbonyl (C=O) groups is 1. The van der Waals surface area contributed by atoms with Gasteiger partial charge >= 0.3 is 0 Å². The Morgan fingerprint density at radius 3 is 2.95 bits per heavy atom. The highest BCUT2D eigenvalue weighted by Gasteiger charge is 2.21. The standard InChI is InChI=1S/C15H24N4O/c20-15(18-7-2-1-3-8-18)5-9-19-12-17-11-14(19)13-4-6-16-10-13/h11-13,16H,1-10H2. The van der Waals surface area contributed by atoms with Crippen molar-refractivity contribution in [2.75, 3.05) is 26.2 Å². The van der Waals surface area contributed by atoms with Gasteiger partial charge in [0.25, 0.3) is 0 Å². The van der Waals surface area contributed by atoms with Crippen molar-refractivity contribution in [3.63, 3.8) is 0 Å². The molecule has 0 aromatic carbocycles. The van der Waals surface area contributed by atoms with E-state index in [4.69, 9.17) is 0 Å². The first-order valence-electron chi connectivity index (χ1n) is 7.83. The SMILES string of the molecule is O=C(CCn1cncc1C1CCNC1)N1CCCCC1. The second-order valence-electron chi connectivity index (χ2n) is 5.89. The van der Waals surface area contributed by atoms with E-state index in [1.165, 1.54) is 18.5 Å². The van der Waals surface area contributed by atoms with Crippen LogP contribution in [0.25, 0.3) is 0 Å². The van der Waals surface area contributed by atoms with Crippen molar-refractivity contribution in [1.82, 2.24) is 19.8 Å². The van der Waals surface area contributed by atoms with E-state index in [0.29, 0.717) is 18.2 Å². The second-order valence-corrected chi connectivity index (χ2v) is 5.89. The van der Waals surface area contributed by atoms with Crippen molar-refractivity contribution in [1.29, 1.82) is 0 Å². The van der Waals surface area contributed by atoms with Crippen molar-refractivity contribution in [3.05, 3.63) is 18.2 Å². The molecule has 3 heterocycles. The molecule has 2 aliphatic rings. The molecule has 2 saturated heterocycles. The van der Waals surface area contributed by atoms with Gasteiger partial charge in [-0.1, -0.05) is 0 Å². The van der Waals surface area contributed by atoms with Gasteiger partial charge in [-0.05, 0) is 32.2 Å². The number of nitrogens with zero attached hydrogens (tertiary/aromatic N) is 3. The van der Waals surface area contributed by atoms with Crippen LogP contribution in [0.1, 0.15) is 43.7 Å². The van der Waals surface area contributed by atoms with Gasteiger partial charge in [0.2, 0.25) is 5.91 Å². The fraction of sp³-hybridized carbons (Fsp3) is 0.733. The predicted octanol–water partition coefficient (Wildman–Crippen LogP) is 1.36. The first-order chi connectivity index (χ1) is 9.84. The van der Waals surface area contributed by atoms with E-state index in [2.05, 4.69) is 14.9 Å². The van der Waals surface area contributed by atoms with E-state index in [9.17, 15) is 4.79 Å². The monoisotopic (exact) mass is 276 g/mol. The molecule has 110 valence electrons. The van der Waals surface area contributed by atoms with Crippen molar-refractivity contribution >= 4 is 5.91 Å². The van der Waals surface area contributed by atoms with E-state index in [0.717, 1.165) is 45.6 Å². The topological polar surface area (TPSA) is 50.2 Å². The molecule has 0 spiro atoms. The van der Waals surface area contributed by atoms with Gasteiger partial charge in [-0.2, -0.15) is 0 Å². The van der Waals surface area contributed by atoms with E-state index < -0.39 is 0 Å². The molecule has 2 aliphatic heterocycles. The Hall–Kier alpha value is -1.36. The number of hydrogen-bond donors (Lipinski definition) is 1.